The zero-order chi connectivity index (χ0) is 19.7. The molecule has 6 heteroatoms. The number of piperidine rings is 1. The van der Waals surface area contributed by atoms with E-state index in [0.29, 0.717) is 5.92 Å². The Morgan fingerprint density at radius 2 is 1.93 bits per heavy atom. The molecule has 4 heterocycles. The van der Waals surface area contributed by atoms with Gasteiger partial charge < -0.3 is 0 Å². The van der Waals surface area contributed by atoms with E-state index in [2.05, 4.69) is 46.6 Å². The van der Waals surface area contributed by atoms with Crippen LogP contribution in [-0.2, 0) is 31.5 Å². The lowest BCUT2D eigenvalue weighted by molar-refractivity contribution is 0.165. The second-order valence-corrected chi connectivity index (χ2v) is 9.53. The van der Waals surface area contributed by atoms with Crippen LogP contribution in [0.4, 0.5) is 0 Å². The Balaban J connectivity index is 1.32. The van der Waals surface area contributed by atoms with Crippen LogP contribution in [0.15, 0.2) is 23.4 Å². The summed E-state index contributed by atoms with van der Waals surface area (Å²) in [5.41, 5.74) is 3.72. The van der Waals surface area contributed by atoms with Gasteiger partial charge in [-0.1, -0.05) is 20.8 Å². The molecule has 0 radical (unpaired) electrons. The summed E-state index contributed by atoms with van der Waals surface area (Å²) in [6, 6.07) is 1.71. The SMILES string of the molecule is CC(C)(C)c1cc(=O)n(CC2CCN(Cc3cnn4c3CCCC4)CC2)cn1. The predicted octanol–water partition coefficient (Wildman–Crippen LogP) is 2.99. The van der Waals surface area contributed by atoms with Gasteiger partial charge in [-0.25, -0.2) is 4.98 Å². The molecule has 0 unspecified atom stereocenters. The second-order valence-electron chi connectivity index (χ2n) is 9.53. The van der Waals surface area contributed by atoms with Gasteiger partial charge in [-0.2, -0.15) is 5.10 Å². The third-order valence-corrected chi connectivity index (χ3v) is 6.27. The molecule has 0 aromatic carbocycles. The molecule has 0 spiro atoms. The van der Waals surface area contributed by atoms with E-state index in [4.69, 9.17) is 0 Å². The zero-order valence-corrected chi connectivity index (χ0v) is 17.5. The normalized spacial score (nSPS) is 19.0. The lowest BCUT2D eigenvalue weighted by Gasteiger charge is -2.32. The molecular formula is C22H33N5O. The number of likely N-dealkylation sites (tertiary alicyclic amines) is 1. The van der Waals surface area contributed by atoms with E-state index in [0.717, 1.165) is 51.3 Å². The highest BCUT2D eigenvalue weighted by atomic mass is 16.1. The zero-order valence-electron chi connectivity index (χ0n) is 17.5. The fraction of sp³-hybridized carbons (Fsp3) is 0.682. The maximum atomic E-state index is 12.5. The summed E-state index contributed by atoms with van der Waals surface area (Å²) in [6.07, 6.45) is 9.81. The van der Waals surface area contributed by atoms with E-state index in [1.54, 1.807) is 17.0 Å². The highest BCUT2D eigenvalue weighted by Gasteiger charge is 2.23. The van der Waals surface area contributed by atoms with Gasteiger partial charge in [0, 0.05) is 42.4 Å². The van der Waals surface area contributed by atoms with Gasteiger partial charge in [-0.15, -0.1) is 0 Å². The molecule has 2 aromatic rings. The molecule has 1 saturated heterocycles. The van der Waals surface area contributed by atoms with Gasteiger partial charge in [0.1, 0.15) is 0 Å². The minimum absolute atomic E-state index is 0.0777. The molecule has 4 rings (SSSR count). The van der Waals surface area contributed by atoms with Crippen molar-refractivity contribution in [1.82, 2.24) is 24.2 Å². The molecule has 0 atom stereocenters. The van der Waals surface area contributed by atoms with E-state index in [-0.39, 0.29) is 11.0 Å². The van der Waals surface area contributed by atoms with E-state index in [1.807, 2.05) is 0 Å². The van der Waals surface area contributed by atoms with Crippen molar-refractivity contribution >= 4 is 0 Å². The first-order valence-corrected chi connectivity index (χ1v) is 10.7. The maximum absolute atomic E-state index is 12.5. The van der Waals surface area contributed by atoms with Crippen LogP contribution < -0.4 is 5.56 Å². The van der Waals surface area contributed by atoms with Crippen molar-refractivity contribution < 1.29 is 0 Å². The molecule has 1 fully saturated rings. The Morgan fingerprint density at radius 3 is 2.64 bits per heavy atom. The summed E-state index contributed by atoms with van der Waals surface area (Å²) in [7, 11) is 0. The van der Waals surface area contributed by atoms with E-state index in [9.17, 15) is 4.79 Å². The molecule has 28 heavy (non-hydrogen) atoms. The molecule has 0 aliphatic carbocycles. The molecule has 2 aliphatic heterocycles. The van der Waals surface area contributed by atoms with Gasteiger partial charge in [-0.05, 0) is 51.1 Å². The number of hydrogen-bond acceptors (Lipinski definition) is 4. The van der Waals surface area contributed by atoms with Gasteiger partial charge >= 0.3 is 0 Å². The summed E-state index contributed by atoms with van der Waals surface area (Å²) in [5, 5.41) is 4.57. The van der Waals surface area contributed by atoms with Gasteiger partial charge in [-0.3, -0.25) is 18.9 Å². The maximum Gasteiger partial charge on any atom is 0.253 e. The topological polar surface area (TPSA) is 56.0 Å². The first-order chi connectivity index (χ1) is 13.4. The summed E-state index contributed by atoms with van der Waals surface area (Å²) in [5.74, 6) is 0.553. The van der Waals surface area contributed by atoms with Crippen molar-refractivity contribution in [2.75, 3.05) is 13.1 Å². The van der Waals surface area contributed by atoms with Crippen molar-refractivity contribution in [1.29, 1.82) is 0 Å². The van der Waals surface area contributed by atoms with Crippen LogP contribution in [0, 0.1) is 5.92 Å². The average molecular weight is 384 g/mol. The first kappa shape index (κ1) is 19.4. The van der Waals surface area contributed by atoms with E-state index >= 15 is 0 Å². The Morgan fingerprint density at radius 1 is 1.14 bits per heavy atom. The van der Waals surface area contributed by atoms with Gasteiger partial charge in [0.05, 0.1) is 18.2 Å². The second kappa shape index (κ2) is 7.82. The van der Waals surface area contributed by atoms with Crippen LogP contribution in [0.1, 0.15) is 63.4 Å². The predicted molar refractivity (Wildman–Crippen MR) is 110 cm³/mol. The Bertz CT molecular complexity index is 868. The number of nitrogens with zero attached hydrogens (tertiary/aromatic N) is 5. The fourth-order valence-corrected chi connectivity index (χ4v) is 4.44. The largest absolute Gasteiger partial charge is 0.299 e. The third kappa shape index (κ3) is 4.22. The summed E-state index contributed by atoms with van der Waals surface area (Å²) >= 11 is 0. The smallest absolute Gasteiger partial charge is 0.253 e. The molecule has 0 amide bonds. The molecule has 0 saturated carbocycles. The monoisotopic (exact) mass is 383 g/mol. The molecule has 2 aromatic heterocycles. The first-order valence-electron chi connectivity index (χ1n) is 10.7. The van der Waals surface area contributed by atoms with Gasteiger partial charge in [0.2, 0.25) is 0 Å². The molecular weight excluding hydrogens is 350 g/mol. The van der Waals surface area contributed by atoms with Crippen LogP contribution >= 0.6 is 0 Å². The van der Waals surface area contributed by atoms with Gasteiger partial charge in [0.15, 0.2) is 0 Å². The fourth-order valence-electron chi connectivity index (χ4n) is 4.44. The molecule has 0 bridgehead atoms. The van der Waals surface area contributed by atoms with Crippen LogP contribution in [0.25, 0.3) is 0 Å². The summed E-state index contributed by atoms with van der Waals surface area (Å²) in [4.78, 5) is 19.5. The highest BCUT2D eigenvalue weighted by molar-refractivity contribution is 5.19. The number of fused-ring (bicyclic) bond motifs is 1. The lowest BCUT2D eigenvalue weighted by atomic mass is 9.92. The quantitative estimate of drug-likeness (QED) is 0.814. The molecule has 2 aliphatic rings. The van der Waals surface area contributed by atoms with Crippen molar-refractivity contribution in [3.8, 4) is 0 Å². The van der Waals surface area contributed by atoms with Crippen molar-refractivity contribution in [3.63, 3.8) is 0 Å². The highest BCUT2D eigenvalue weighted by Crippen LogP contribution is 2.24. The van der Waals surface area contributed by atoms with Crippen molar-refractivity contribution in [2.45, 2.75) is 77.9 Å². The Kier molecular flexibility index (Phi) is 5.41. The third-order valence-electron chi connectivity index (χ3n) is 6.27. The number of aromatic nitrogens is 4. The minimum atomic E-state index is -0.0866. The number of aryl methyl sites for hydroxylation is 1. The average Bonchev–Trinajstić information content (AvgIpc) is 3.07. The van der Waals surface area contributed by atoms with Crippen LogP contribution in [-0.4, -0.2) is 37.3 Å². The summed E-state index contributed by atoms with van der Waals surface area (Å²) < 4.78 is 4.00. The number of hydrogen-bond donors (Lipinski definition) is 0. The van der Waals surface area contributed by atoms with E-state index < -0.39 is 0 Å². The molecule has 152 valence electrons. The van der Waals surface area contributed by atoms with Crippen LogP contribution in [0.2, 0.25) is 0 Å². The molecule has 0 N–H and O–H groups in total. The minimum Gasteiger partial charge on any atom is -0.299 e. The lowest BCUT2D eigenvalue weighted by Crippen LogP contribution is -2.36. The number of rotatable bonds is 4. The van der Waals surface area contributed by atoms with Gasteiger partial charge in [0.25, 0.3) is 5.56 Å². The molecule has 6 nitrogen and oxygen atoms in total. The van der Waals surface area contributed by atoms with Crippen LogP contribution in [0.5, 0.6) is 0 Å². The standard InChI is InChI=1S/C22H33N5O/c1-22(2,3)20-12-21(28)26(16-23-20)14-17-7-10-25(11-8-17)15-18-13-24-27-9-5-4-6-19(18)27/h12-13,16-17H,4-11,14-15H2,1-3H3. The Hall–Kier alpha value is -1.95. The Labute approximate surface area is 167 Å². The van der Waals surface area contributed by atoms with Crippen molar-refractivity contribution in [2.24, 2.45) is 5.92 Å². The summed E-state index contributed by atoms with van der Waals surface area (Å²) in [6.45, 7) is 11.3. The van der Waals surface area contributed by atoms with Crippen molar-refractivity contribution in [3.05, 3.63) is 45.9 Å². The van der Waals surface area contributed by atoms with Crippen LogP contribution in [0.3, 0.4) is 0 Å². The van der Waals surface area contributed by atoms with E-state index in [1.165, 1.54) is 30.5 Å².